The molecular formula is C26H41I. The van der Waals surface area contributed by atoms with Crippen molar-refractivity contribution in [1.82, 2.24) is 0 Å². The van der Waals surface area contributed by atoms with Crippen molar-refractivity contribution >= 4 is 22.6 Å². The van der Waals surface area contributed by atoms with E-state index in [9.17, 15) is 0 Å². The molecule has 0 N–H and O–H groups in total. The summed E-state index contributed by atoms with van der Waals surface area (Å²) in [4.78, 5) is 0. The quantitative estimate of drug-likeness (QED) is 0.330. The van der Waals surface area contributed by atoms with Crippen LogP contribution in [0.15, 0.2) is 34.0 Å². The fraction of sp³-hybridized carbons (Fsp3) is 0.769. The first kappa shape index (κ1) is 21.7. The van der Waals surface area contributed by atoms with Crippen molar-refractivity contribution in [2.24, 2.45) is 46.3 Å². The number of allylic oxidation sites excluding steroid dienone is 5. The van der Waals surface area contributed by atoms with Gasteiger partial charge in [-0.3, -0.25) is 0 Å². The molecule has 0 aromatic rings. The third-order valence-electron chi connectivity index (χ3n) is 9.31. The summed E-state index contributed by atoms with van der Waals surface area (Å²) in [6, 6.07) is 0. The van der Waals surface area contributed by atoms with E-state index in [1.807, 2.05) is 13.8 Å². The van der Waals surface area contributed by atoms with E-state index < -0.39 is 0 Å². The molecule has 0 aromatic heterocycles. The van der Waals surface area contributed by atoms with E-state index in [0.29, 0.717) is 16.7 Å². The molecule has 0 aromatic carbocycles. The normalized spacial score (nSPS) is 48.2. The average Bonchev–Trinajstić information content (AvgIpc) is 2.94. The molecule has 152 valence electrons. The summed E-state index contributed by atoms with van der Waals surface area (Å²) in [5, 5.41) is 0. The first-order valence-electron chi connectivity index (χ1n) is 11.5. The molecule has 4 aliphatic rings. The van der Waals surface area contributed by atoms with Crippen LogP contribution in [-0.4, -0.2) is 0 Å². The van der Waals surface area contributed by atoms with Gasteiger partial charge in [-0.15, -0.1) is 0 Å². The second-order valence-electron chi connectivity index (χ2n) is 10.1. The lowest BCUT2D eigenvalue weighted by Crippen LogP contribution is -2.53. The zero-order valence-corrected chi connectivity index (χ0v) is 20.7. The summed E-state index contributed by atoms with van der Waals surface area (Å²) in [5.74, 6) is 5.03. The van der Waals surface area contributed by atoms with Crippen LogP contribution in [0.25, 0.3) is 0 Å². The monoisotopic (exact) mass is 480 g/mol. The Morgan fingerprint density at radius 3 is 2.44 bits per heavy atom. The maximum Gasteiger partial charge on any atom is -0.00529 e. The van der Waals surface area contributed by atoms with E-state index in [1.54, 1.807) is 0 Å². The Balaban J connectivity index is 0.00000102. The van der Waals surface area contributed by atoms with E-state index in [0.717, 1.165) is 29.6 Å². The molecule has 0 amide bonds. The number of hydrogen-bond acceptors (Lipinski definition) is 0. The molecule has 0 radical (unpaired) electrons. The zero-order valence-electron chi connectivity index (χ0n) is 18.5. The van der Waals surface area contributed by atoms with Gasteiger partial charge in [-0.1, -0.05) is 65.0 Å². The van der Waals surface area contributed by atoms with Crippen LogP contribution in [0.5, 0.6) is 0 Å². The van der Waals surface area contributed by atoms with Gasteiger partial charge in [-0.2, -0.15) is 0 Å². The summed E-state index contributed by atoms with van der Waals surface area (Å²) < 4.78 is 1.42. The van der Waals surface area contributed by atoms with Crippen LogP contribution in [0.2, 0.25) is 0 Å². The molecule has 0 heterocycles. The fourth-order valence-electron chi connectivity index (χ4n) is 7.81. The molecule has 0 spiro atoms. The molecule has 0 bridgehead atoms. The molecule has 1 heteroatoms. The van der Waals surface area contributed by atoms with Crippen LogP contribution in [0, 0.1) is 46.3 Å². The van der Waals surface area contributed by atoms with Gasteiger partial charge in [0, 0.05) is 0 Å². The van der Waals surface area contributed by atoms with Gasteiger partial charge in [0.25, 0.3) is 0 Å². The van der Waals surface area contributed by atoms with Gasteiger partial charge in [-0.05, 0) is 118 Å². The smallest absolute Gasteiger partial charge is 0.00529 e. The summed E-state index contributed by atoms with van der Waals surface area (Å²) in [7, 11) is 0. The highest BCUT2D eigenvalue weighted by Crippen LogP contribution is 2.68. The molecule has 0 aliphatic heterocycles. The third kappa shape index (κ3) is 3.32. The Morgan fingerprint density at radius 1 is 1.07 bits per heavy atom. The van der Waals surface area contributed by atoms with E-state index in [-0.39, 0.29) is 0 Å². The standard InChI is InChI=1S/C24H35I.C2H6/c1-15-6-7-18-8-9-19-21-11-10-20(17(3)25)23(21,4)13-12-22(19)24(18,5)16(2)14-15;1-2/h6-7,14,16,18-22H,3,8-13H2,1-2,4-5H3;1-2H3/t16?,18-,19?,20-,21?,22?,23-,24?;/m1./s1. The molecule has 0 nitrogen and oxygen atoms in total. The number of fused-ring (bicyclic) bond motifs is 5. The lowest BCUT2D eigenvalue weighted by Gasteiger charge is -2.60. The lowest BCUT2D eigenvalue weighted by atomic mass is 9.45. The lowest BCUT2D eigenvalue weighted by molar-refractivity contribution is -0.0964. The molecule has 4 aliphatic carbocycles. The first-order chi connectivity index (χ1) is 12.8. The van der Waals surface area contributed by atoms with Gasteiger partial charge in [0.05, 0.1) is 0 Å². The largest absolute Gasteiger partial charge is 0.0894 e. The molecule has 5 unspecified atom stereocenters. The molecule has 0 saturated heterocycles. The van der Waals surface area contributed by atoms with Crippen LogP contribution >= 0.6 is 22.6 Å². The van der Waals surface area contributed by atoms with E-state index in [1.165, 1.54) is 47.7 Å². The number of hydrogen-bond donors (Lipinski definition) is 0. The van der Waals surface area contributed by atoms with Gasteiger partial charge in [0.1, 0.15) is 0 Å². The fourth-order valence-corrected chi connectivity index (χ4v) is 8.83. The zero-order chi connectivity index (χ0) is 20.0. The maximum atomic E-state index is 4.36. The molecule has 3 saturated carbocycles. The van der Waals surface area contributed by atoms with Gasteiger partial charge in [0.15, 0.2) is 0 Å². The van der Waals surface area contributed by atoms with Gasteiger partial charge in [-0.25, -0.2) is 0 Å². The first-order valence-corrected chi connectivity index (χ1v) is 12.6. The van der Waals surface area contributed by atoms with Crippen molar-refractivity contribution in [1.29, 1.82) is 0 Å². The van der Waals surface area contributed by atoms with Crippen LogP contribution in [-0.2, 0) is 0 Å². The highest BCUT2D eigenvalue weighted by Gasteiger charge is 2.60. The summed E-state index contributed by atoms with van der Waals surface area (Å²) >= 11 is 2.52. The van der Waals surface area contributed by atoms with Crippen molar-refractivity contribution in [2.75, 3.05) is 0 Å². The number of halogens is 1. The van der Waals surface area contributed by atoms with Gasteiger partial charge >= 0.3 is 0 Å². The maximum absolute atomic E-state index is 4.36. The van der Waals surface area contributed by atoms with Crippen molar-refractivity contribution in [3.8, 4) is 0 Å². The minimum absolute atomic E-state index is 0.456. The second-order valence-corrected chi connectivity index (χ2v) is 11.5. The Labute approximate surface area is 182 Å². The third-order valence-corrected chi connectivity index (χ3v) is 10.1. The van der Waals surface area contributed by atoms with Crippen LogP contribution in [0.1, 0.15) is 80.1 Å². The molecule has 4 rings (SSSR count). The second kappa shape index (κ2) is 8.00. The minimum Gasteiger partial charge on any atom is -0.0894 e. The summed E-state index contributed by atoms with van der Waals surface area (Å²) in [6.45, 7) is 18.4. The minimum atomic E-state index is 0.456. The SMILES string of the molecule is C=C(I)[C@H]1CCC2C3CC[C@H]4C=CC(C)=CC(C)C4(C)C3CC[C@@]21C.CC. The molecule has 27 heavy (non-hydrogen) atoms. The molecular weight excluding hydrogens is 439 g/mol. The topological polar surface area (TPSA) is 0 Å². The molecule has 8 atom stereocenters. The van der Waals surface area contributed by atoms with Gasteiger partial charge < -0.3 is 0 Å². The van der Waals surface area contributed by atoms with E-state index in [2.05, 4.69) is 75.1 Å². The summed E-state index contributed by atoms with van der Waals surface area (Å²) in [6.07, 6.45) is 16.1. The van der Waals surface area contributed by atoms with Gasteiger partial charge in [0.2, 0.25) is 0 Å². The van der Waals surface area contributed by atoms with Crippen molar-refractivity contribution in [3.63, 3.8) is 0 Å². The van der Waals surface area contributed by atoms with E-state index in [4.69, 9.17) is 0 Å². The van der Waals surface area contributed by atoms with E-state index >= 15 is 0 Å². The number of rotatable bonds is 1. The van der Waals surface area contributed by atoms with Crippen molar-refractivity contribution < 1.29 is 0 Å². The van der Waals surface area contributed by atoms with Crippen molar-refractivity contribution in [3.05, 3.63) is 34.0 Å². The Hall–Kier alpha value is -0.0500. The van der Waals surface area contributed by atoms with Crippen LogP contribution in [0.3, 0.4) is 0 Å². The highest BCUT2D eigenvalue weighted by molar-refractivity contribution is 14.1. The Kier molecular flexibility index (Phi) is 6.41. The van der Waals surface area contributed by atoms with Crippen LogP contribution in [0.4, 0.5) is 0 Å². The van der Waals surface area contributed by atoms with Crippen LogP contribution < -0.4 is 0 Å². The molecule has 3 fully saturated rings. The summed E-state index contributed by atoms with van der Waals surface area (Å²) in [5.41, 5.74) is 2.46. The Morgan fingerprint density at radius 2 is 1.78 bits per heavy atom. The predicted molar refractivity (Wildman–Crippen MR) is 128 cm³/mol. The van der Waals surface area contributed by atoms with Crippen molar-refractivity contribution in [2.45, 2.75) is 80.1 Å². The predicted octanol–water partition coefficient (Wildman–Crippen LogP) is 8.59. The average molecular weight is 481 g/mol. The Bertz CT molecular complexity index is 628. The highest BCUT2D eigenvalue weighted by atomic mass is 127.